The highest BCUT2D eigenvalue weighted by molar-refractivity contribution is 5.87. The molecule has 0 heterocycles. The number of aliphatic hydroxyl groups is 1. The topological polar surface area (TPSA) is 142 Å². The Morgan fingerprint density at radius 1 is 0.564 bits per heavy atom. The number of unbranched alkanes of at least 4 members (excludes halogenated alkanes) is 17. The molecule has 0 spiro atoms. The van der Waals surface area contributed by atoms with Gasteiger partial charge in [-0.25, -0.2) is 4.79 Å². The first kappa shape index (κ1) is 51.8. The lowest BCUT2D eigenvalue weighted by Crippen LogP contribution is -2.47. The van der Waals surface area contributed by atoms with Gasteiger partial charge in [0.05, 0.1) is 13.2 Å². The van der Waals surface area contributed by atoms with Crippen molar-refractivity contribution < 1.29 is 34.1 Å². The van der Waals surface area contributed by atoms with E-state index in [-0.39, 0.29) is 30.9 Å². The maximum atomic E-state index is 12.8. The molecule has 0 aliphatic carbocycles. The molecule has 0 bridgehead atoms. The molecule has 0 saturated heterocycles. The molecule has 0 aromatic carbocycles. The molecular formula is C46H80N2O7. The third-order valence-electron chi connectivity index (χ3n) is 9.60. The first-order valence-corrected chi connectivity index (χ1v) is 22.0. The summed E-state index contributed by atoms with van der Waals surface area (Å²) in [6.07, 6.45) is 47.1. The van der Waals surface area contributed by atoms with Gasteiger partial charge in [0.2, 0.25) is 11.8 Å². The molecule has 0 aliphatic heterocycles. The average Bonchev–Trinajstić information content (AvgIpc) is 3.17. The summed E-state index contributed by atoms with van der Waals surface area (Å²) < 4.78 is 5.99. The summed E-state index contributed by atoms with van der Waals surface area (Å²) in [6.45, 7) is 3.36. The van der Waals surface area contributed by atoms with E-state index in [9.17, 15) is 19.2 Å². The number of hydrogen-bond donors (Lipinski definition) is 4. The fourth-order valence-corrected chi connectivity index (χ4v) is 6.26. The van der Waals surface area contributed by atoms with Crippen molar-refractivity contribution >= 4 is 23.8 Å². The number of nitrogens with one attached hydrogen (secondary N) is 2. The van der Waals surface area contributed by atoms with E-state index in [2.05, 4.69) is 73.1 Å². The second kappa shape index (κ2) is 40.5. The smallest absolute Gasteiger partial charge is 0.328 e. The van der Waals surface area contributed by atoms with Crippen LogP contribution in [0.4, 0.5) is 0 Å². The maximum absolute atomic E-state index is 12.8. The van der Waals surface area contributed by atoms with E-state index in [0.717, 1.165) is 70.6 Å². The Morgan fingerprint density at radius 2 is 1.02 bits per heavy atom. The third-order valence-corrected chi connectivity index (χ3v) is 9.60. The third kappa shape index (κ3) is 37.5. The summed E-state index contributed by atoms with van der Waals surface area (Å²) in [4.78, 5) is 47.5. The van der Waals surface area contributed by atoms with Gasteiger partial charge in [-0.3, -0.25) is 14.4 Å². The number of carbonyl (C=O) groups is 4. The largest absolute Gasteiger partial charge is 0.480 e. The lowest BCUT2D eigenvalue weighted by Gasteiger charge is -2.18. The lowest BCUT2D eigenvalue weighted by atomic mass is 10.0. The van der Waals surface area contributed by atoms with E-state index >= 15 is 0 Å². The molecule has 0 aliphatic rings. The first-order chi connectivity index (χ1) is 26.8. The lowest BCUT2D eigenvalue weighted by molar-refractivity contribution is -0.149. The van der Waals surface area contributed by atoms with Crippen LogP contribution in [0.25, 0.3) is 0 Å². The molecule has 9 heteroatoms. The summed E-state index contributed by atoms with van der Waals surface area (Å²) in [5, 5.41) is 22.6. The number of esters is 1. The van der Waals surface area contributed by atoms with Crippen molar-refractivity contribution in [3.05, 3.63) is 48.6 Å². The van der Waals surface area contributed by atoms with Gasteiger partial charge < -0.3 is 25.6 Å². The van der Waals surface area contributed by atoms with E-state index in [1.54, 1.807) is 0 Å². The van der Waals surface area contributed by atoms with Crippen LogP contribution in [0.15, 0.2) is 48.6 Å². The van der Waals surface area contributed by atoms with Crippen LogP contribution < -0.4 is 10.6 Å². The Bertz CT molecular complexity index is 1070. The minimum atomic E-state index is -1.39. The SMILES string of the molecule is CC/C=C\C/C=C\C/C=C\C/C=C\CCC(=O)OC(CCCCCCCCCCCCCCCC)CCCCCCCC(=O)NCC(=O)NC(CO)C(=O)O. The number of rotatable bonds is 39. The second-order valence-electron chi connectivity index (χ2n) is 14.8. The molecule has 316 valence electrons. The molecule has 2 atom stereocenters. The van der Waals surface area contributed by atoms with Gasteiger partial charge in [0.1, 0.15) is 12.1 Å². The van der Waals surface area contributed by atoms with Crippen LogP contribution in [0, 0.1) is 0 Å². The summed E-state index contributed by atoms with van der Waals surface area (Å²) in [5.41, 5.74) is 0. The van der Waals surface area contributed by atoms with E-state index < -0.39 is 24.5 Å². The maximum Gasteiger partial charge on any atom is 0.328 e. The molecule has 0 rings (SSSR count). The molecule has 0 radical (unpaired) electrons. The number of ether oxygens (including phenoxy) is 1. The summed E-state index contributed by atoms with van der Waals surface area (Å²) in [5.74, 6) is -2.38. The Labute approximate surface area is 335 Å². The number of amides is 2. The van der Waals surface area contributed by atoms with E-state index in [1.807, 2.05) is 0 Å². The number of carbonyl (C=O) groups excluding carboxylic acids is 3. The number of allylic oxidation sites excluding steroid dienone is 8. The minimum absolute atomic E-state index is 0.0502. The molecule has 2 amide bonds. The number of carboxylic acids is 1. The van der Waals surface area contributed by atoms with Crippen LogP contribution in [0.2, 0.25) is 0 Å². The zero-order chi connectivity index (χ0) is 40.5. The van der Waals surface area contributed by atoms with Crippen molar-refractivity contribution in [1.82, 2.24) is 10.6 Å². The van der Waals surface area contributed by atoms with Gasteiger partial charge in [-0.05, 0) is 64.2 Å². The van der Waals surface area contributed by atoms with Gasteiger partial charge in [0.25, 0.3) is 0 Å². The van der Waals surface area contributed by atoms with Crippen LogP contribution in [0.3, 0.4) is 0 Å². The van der Waals surface area contributed by atoms with Crippen molar-refractivity contribution in [1.29, 1.82) is 0 Å². The predicted molar refractivity (Wildman–Crippen MR) is 227 cm³/mol. The molecule has 0 fully saturated rings. The fraction of sp³-hybridized carbons (Fsp3) is 0.739. The van der Waals surface area contributed by atoms with E-state index in [1.165, 1.54) is 83.5 Å². The molecular weight excluding hydrogens is 693 g/mol. The highest BCUT2D eigenvalue weighted by atomic mass is 16.5. The van der Waals surface area contributed by atoms with Crippen LogP contribution >= 0.6 is 0 Å². The Kier molecular flexibility index (Phi) is 38.1. The van der Waals surface area contributed by atoms with Gasteiger partial charge in [-0.15, -0.1) is 0 Å². The predicted octanol–water partition coefficient (Wildman–Crippen LogP) is 10.8. The Morgan fingerprint density at radius 3 is 1.49 bits per heavy atom. The van der Waals surface area contributed by atoms with Crippen molar-refractivity contribution in [2.45, 2.75) is 206 Å². The quantitative estimate of drug-likeness (QED) is 0.0277. The van der Waals surface area contributed by atoms with Gasteiger partial charge in [0.15, 0.2) is 0 Å². The van der Waals surface area contributed by atoms with Gasteiger partial charge >= 0.3 is 11.9 Å². The van der Waals surface area contributed by atoms with Crippen molar-refractivity contribution in [2.75, 3.05) is 13.2 Å². The molecule has 4 N–H and O–H groups in total. The fourth-order valence-electron chi connectivity index (χ4n) is 6.26. The summed E-state index contributed by atoms with van der Waals surface area (Å²) >= 11 is 0. The van der Waals surface area contributed by atoms with Crippen molar-refractivity contribution in [2.24, 2.45) is 0 Å². The van der Waals surface area contributed by atoms with Gasteiger partial charge in [-0.1, -0.05) is 165 Å². The van der Waals surface area contributed by atoms with Crippen LogP contribution in [0.1, 0.15) is 194 Å². The molecule has 0 saturated carbocycles. The standard InChI is InChI=1S/C46H80N2O7/c1-3-5-7-9-11-13-15-17-19-20-22-24-27-31-35-41(55-45(52)38-34-30-25-23-21-18-16-14-12-10-8-6-4-2)36-32-28-26-29-33-37-43(50)47-39-44(51)48-42(40-49)46(53)54/h6,8,12,14,18,21,25,30,41-42,49H,3-5,7,9-11,13,15-17,19-20,22-24,26-29,31-40H2,1-2H3,(H,47,50)(H,48,51)(H,53,54)/b8-6-,14-12-,21-18-,30-25-. The Hall–Kier alpha value is -3.20. The highest BCUT2D eigenvalue weighted by Gasteiger charge is 2.19. The number of hydrogen-bond acceptors (Lipinski definition) is 6. The molecule has 0 aromatic heterocycles. The van der Waals surface area contributed by atoms with Crippen molar-refractivity contribution in [3.63, 3.8) is 0 Å². The molecule has 55 heavy (non-hydrogen) atoms. The number of aliphatic carboxylic acids is 1. The van der Waals surface area contributed by atoms with Crippen LogP contribution in [-0.4, -0.2) is 59.3 Å². The molecule has 2 unspecified atom stereocenters. The monoisotopic (exact) mass is 773 g/mol. The Balaban J connectivity index is 4.42. The highest BCUT2D eigenvalue weighted by Crippen LogP contribution is 2.19. The second-order valence-corrected chi connectivity index (χ2v) is 14.8. The normalized spacial score (nSPS) is 12.9. The number of aliphatic hydroxyl groups excluding tert-OH is 1. The molecule has 9 nitrogen and oxygen atoms in total. The first-order valence-electron chi connectivity index (χ1n) is 22.0. The van der Waals surface area contributed by atoms with Crippen LogP contribution in [0.5, 0.6) is 0 Å². The number of carboxylic acid groups (broad SMARTS) is 1. The zero-order valence-electron chi connectivity index (χ0n) is 34.9. The zero-order valence-corrected chi connectivity index (χ0v) is 34.9. The minimum Gasteiger partial charge on any atom is -0.480 e. The summed E-state index contributed by atoms with van der Waals surface area (Å²) in [7, 11) is 0. The van der Waals surface area contributed by atoms with Crippen LogP contribution in [-0.2, 0) is 23.9 Å². The van der Waals surface area contributed by atoms with E-state index in [0.29, 0.717) is 19.3 Å². The van der Waals surface area contributed by atoms with Crippen molar-refractivity contribution in [3.8, 4) is 0 Å². The summed E-state index contributed by atoms with van der Waals surface area (Å²) in [6, 6.07) is -1.39. The molecule has 0 aromatic rings. The van der Waals surface area contributed by atoms with Gasteiger partial charge in [-0.2, -0.15) is 0 Å². The van der Waals surface area contributed by atoms with Gasteiger partial charge in [0, 0.05) is 12.8 Å². The van der Waals surface area contributed by atoms with E-state index in [4.69, 9.17) is 14.9 Å². The average molecular weight is 773 g/mol.